The van der Waals surface area contributed by atoms with Crippen molar-refractivity contribution in [2.24, 2.45) is 11.8 Å². The Morgan fingerprint density at radius 2 is 1.65 bits per heavy atom. The van der Waals surface area contributed by atoms with Crippen LogP contribution in [0.25, 0.3) is 0 Å². The Bertz CT molecular complexity index is 1220. The van der Waals surface area contributed by atoms with Gasteiger partial charge in [0.2, 0.25) is 17.7 Å². The van der Waals surface area contributed by atoms with Crippen molar-refractivity contribution in [3.63, 3.8) is 0 Å². The summed E-state index contributed by atoms with van der Waals surface area (Å²) < 4.78 is 12.0. The van der Waals surface area contributed by atoms with E-state index in [1.54, 1.807) is 36.3 Å². The van der Waals surface area contributed by atoms with E-state index in [-0.39, 0.29) is 24.3 Å². The molecule has 5 rings (SSSR count). The van der Waals surface area contributed by atoms with E-state index in [1.165, 1.54) is 0 Å². The topological polar surface area (TPSA) is 117 Å². The molecule has 2 aromatic rings. The number of benzene rings is 2. The van der Waals surface area contributed by atoms with Crippen LogP contribution >= 0.6 is 0 Å². The van der Waals surface area contributed by atoms with Crippen molar-refractivity contribution in [1.82, 2.24) is 4.90 Å². The summed E-state index contributed by atoms with van der Waals surface area (Å²) in [7, 11) is 1.58. The van der Waals surface area contributed by atoms with Crippen LogP contribution in [0.15, 0.2) is 54.6 Å². The van der Waals surface area contributed by atoms with Crippen LogP contribution in [0.1, 0.15) is 51.9 Å². The van der Waals surface area contributed by atoms with Gasteiger partial charge in [-0.2, -0.15) is 0 Å². The Morgan fingerprint density at radius 1 is 0.975 bits per heavy atom. The lowest BCUT2D eigenvalue weighted by molar-refractivity contribution is -0.144. The van der Waals surface area contributed by atoms with E-state index in [9.17, 15) is 14.4 Å². The largest absolute Gasteiger partial charge is 0.497 e. The van der Waals surface area contributed by atoms with Gasteiger partial charge in [0.15, 0.2) is 0 Å². The summed E-state index contributed by atoms with van der Waals surface area (Å²) in [6, 6.07) is 15.4. The number of unbranched alkanes of at least 4 members (excludes halogenated alkanes) is 3. The maximum atomic E-state index is 14.2. The van der Waals surface area contributed by atoms with Gasteiger partial charge < -0.3 is 30.1 Å². The molecular weight excluding hydrogens is 510 g/mol. The number of aliphatic hydroxyl groups is 1. The monoisotopic (exact) mass is 549 g/mol. The SMILES string of the molecule is CC[C@]12CCC3(O1)C(C(=O)Nc1ccc(OC)cc1)N(CCCCCCO)C(=O)[C@@H]3[C@H]2C(=O)Nc1ccccc1. The van der Waals surface area contributed by atoms with E-state index < -0.39 is 29.1 Å². The second kappa shape index (κ2) is 11.6. The quantitative estimate of drug-likeness (QED) is 0.345. The third-order valence-electron chi connectivity index (χ3n) is 8.92. The van der Waals surface area contributed by atoms with Gasteiger partial charge in [0.1, 0.15) is 17.4 Å². The molecule has 3 saturated heterocycles. The van der Waals surface area contributed by atoms with Gasteiger partial charge in [-0.15, -0.1) is 0 Å². The molecule has 9 nitrogen and oxygen atoms in total. The van der Waals surface area contributed by atoms with Gasteiger partial charge in [-0.25, -0.2) is 0 Å². The Balaban J connectivity index is 1.46. The molecule has 2 bridgehead atoms. The third kappa shape index (κ3) is 4.86. The minimum absolute atomic E-state index is 0.131. The van der Waals surface area contributed by atoms with Crippen molar-refractivity contribution in [3.05, 3.63) is 54.6 Å². The summed E-state index contributed by atoms with van der Waals surface area (Å²) in [6.07, 6.45) is 4.77. The Hall–Kier alpha value is -3.43. The fraction of sp³-hybridized carbons (Fsp3) is 0.516. The zero-order valence-electron chi connectivity index (χ0n) is 23.2. The first-order chi connectivity index (χ1) is 19.4. The van der Waals surface area contributed by atoms with Crippen LogP contribution < -0.4 is 15.4 Å². The lowest BCUT2D eigenvalue weighted by Gasteiger charge is -2.34. The van der Waals surface area contributed by atoms with Crippen LogP contribution in [0.3, 0.4) is 0 Å². The molecule has 0 saturated carbocycles. The van der Waals surface area contributed by atoms with Crippen LogP contribution in [0, 0.1) is 11.8 Å². The molecule has 3 N–H and O–H groups in total. The van der Waals surface area contributed by atoms with Crippen LogP contribution in [-0.4, -0.2) is 65.2 Å². The highest BCUT2D eigenvalue weighted by molar-refractivity contribution is 6.05. The highest BCUT2D eigenvalue weighted by Crippen LogP contribution is 2.64. The van der Waals surface area contributed by atoms with E-state index in [4.69, 9.17) is 14.6 Å². The van der Waals surface area contributed by atoms with Gasteiger partial charge in [0, 0.05) is 24.5 Å². The number of likely N-dealkylation sites (tertiary alicyclic amines) is 1. The van der Waals surface area contributed by atoms with Gasteiger partial charge in [0.05, 0.1) is 24.5 Å². The average Bonchev–Trinajstić information content (AvgIpc) is 3.57. The molecule has 214 valence electrons. The Labute approximate surface area is 235 Å². The number of nitrogens with zero attached hydrogens (tertiary/aromatic N) is 1. The first-order valence-corrected chi connectivity index (χ1v) is 14.3. The molecule has 2 aromatic carbocycles. The lowest BCUT2D eigenvalue weighted by Crippen LogP contribution is -2.53. The number of fused-ring (bicyclic) bond motifs is 1. The number of rotatable bonds is 12. The third-order valence-corrected chi connectivity index (χ3v) is 8.92. The summed E-state index contributed by atoms with van der Waals surface area (Å²) in [5.41, 5.74) is -0.619. The number of anilines is 2. The number of hydrogen-bond acceptors (Lipinski definition) is 6. The summed E-state index contributed by atoms with van der Waals surface area (Å²) in [4.78, 5) is 43.7. The normalized spacial score (nSPS) is 28.4. The summed E-state index contributed by atoms with van der Waals surface area (Å²) in [5.74, 6) is -1.52. The second-order valence-electron chi connectivity index (χ2n) is 11.1. The number of amides is 3. The summed E-state index contributed by atoms with van der Waals surface area (Å²) in [5, 5.41) is 15.1. The second-order valence-corrected chi connectivity index (χ2v) is 11.1. The minimum Gasteiger partial charge on any atom is -0.497 e. The Morgan fingerprint density at radius 3 is 2.33 bits per heavy atom. The first-order valence-electron chi connectivity index (χ1n) is 14.3. The predicted octanol–water partition coefficient (Wildman–Crippen LogP) is 3.98. The molecule has 0 radical (unpaired) electrons. The van der Waals surface area contributed by atoms with Gasteiger partial charge in [-0.1, -0.05) is 38.0 Å². The standard InChI is InChI=1S/C31H39N3O6/c1-3-30-17-18-31(40-30)25(24(30)27(36)32-21-11-7-6-8-12-21)29(38)34(19-9-4-5-10-20-35)26(31)28(37)33-22-13-15-23(39-2)16-14-22/h6-8,11-16,24-26,35H,3-5,9-10,17-20H2,1-2H3,(H,32,36)(H,33,37)/t24-,25-,26?,30+,31?/m0/s1. The molecule has 5 atom stereocenters. The Kier molecular flexibility index (Phi) is 8.14. The van der Waals surface area contributed by atoms with Crippen molar-refractivity contribution in [3.8, 4) is 5.75 Å². The smallest absolute Gasteiger partial charge is 0.250 e. The van der Waals surface area contributed by atoms with Crippen LogP contribution in [0.5, 0.6) is 5.75 Å². The van der Waals surface area contributed by atoms with E-state index in [0.717, 1.165) is 12.8 Å². The van der Waals surface area contributed by atoms with Crippen molar-refractivity contribution >= 4 is 29.1 Å². The number of carbonyl (C=O) groups excluding carboxylic acids is 3. The zero-order valence-corrected chi connectivity index (χ0v) is 23.2. The molecule has 3 aliphatic heterocycles. The summed E-state index contributed by atoms with van der Waals surface area (Å²) in [6.45, 7) is 2.50. The molecule has 40 heavy (non-hydrogen) atoms. The first kappa shape index (κ1) is 28.1. The zero-order chi connectivity index (χ0) is 28.3. The maximum absolute atomic E-state index is 14.2. The predicted molar refractivity (Wildman–Crippen MR) is 151 cm³/mol. The molecule has 3 aliphatic rings. The molecule has 2 unspecified atom stereocenters. The van der Waals surface area contributed by atoms with Crippen LogP contribution in [-0.2, 0) is 19.1 Å². The van der Waals surface area contributed by atoms with E-state index in [0.29, 0.717) is 55.8 Å². The highest BCUT2D eigenvalue weighted by atomic mass is 16.5. The molecule has 0 aliphatic carbocycles. The van der Waals surface area contributed by atoms with Crippen LogP contribution in [0.4, 0.5) is 11.4 Å². The summed E-state index contributed by atoms with van der Waals surface area (Å²) >= 11 is 0. The molecule has 0 aromatic heterocycles. The van der Waals surface area contributed by atoms with Gasteiger partial charge >= 0.3 is 0 Å². The number of carbonyl (C=O) groups is 3. The van der Waals surface area contributed by atoms with Crippen molar-refractivity contribution in [1.29, 1.82) is 0 Å². The highest BCUT2D eigenvalue weighted by Gasteiger charge is 2.78. The number of hydrogen-bond donors (Lipinski definition) is 3. The van der Waals surface area contributed by atoms with E-state index in [2.05, 4.69) is 10.6 Å². The average molecular weight is 550 g/mol. The fourth-order valence-electron chi connectivity index (χ4n) is 7.03. The van der Waals surface area contributed by atoms with Crippen molar-refractivity contribution in [2.75, 3.05) is 30.9 Å². The van der Waals surface area contributed by atoms with Crippen molar-refractivity contribution in [2.45, 2.75) is 69.1 Å². The molecule has 3 heterocycles. The number of para-hydroxylation sites is 1. The van der Waals surface area contributed by atoms with Gasteiger partial charge in [0.25, 0.3) is 0 Å². The van der Waals surface area contributed by atoms with Gasteiger partial charge in [-0.3, -0.25) is 14.4 Å². The van der Waals surface area contributed by atoms with Crippen LogP contribution in [0.2, 0.25) is 0 Å². The molecular formula is C31H39N3O6. The molecule has 1 spiro atoms. The maximum Gasteiger partial charge on any atom is 0.250 e. The fourth-order valence-corrected chi connectivity index (χ4v) is 7.03. The molecule has 3 amide bonds. The number of nitrogens with one attached hydrogen (secondary N) is 2. The van der Waals surface area contributed by atoms with Crippen molar-refractivity contribution < 1.29 is 29.0 Å². The van der Waals surface area contributed by atoms with E-state index >= 15 is 0 Å². The van der Waals surface area contributed by atoms with E-state index in [1.807, 2.05) is 37.3 Å². The molecule has 3 fully saturated rings. The number of aliphatic hydroxyl groups excluding tert-OH is 1. The minimum atomic E-state index is -1.08. The number of ether oxygens (including phenoxy) is 2. The van der Waals surface area contributed by atoms with Gasteiger partial charge in [-0.05, 0) is 68.5 Å². The molecule has 9 heteroatoms. The lowest BCUT2D eigenvalue weighted by atomic mass is 9.65. The number of methoxy groups -OCH3 is 1.